The second-order valence-corrected chi connectivity index (χ2v) is 20.7. The Morgan fingerprint density at radius 3 is 0.772 bits per heavy atom. The number of rotatable bonds is 9. The molecule has 2 aliphatic rings. The first kappa shape index (κ1) is 46.0. The van der Waals surface area contributed by atoms with Crippen molar-refractivity contribution >= 4 is 0 Å². The van der Waals surface area contributed by atoms with Gasteiger partial charge in [0.15, 0.2) is 17.5 Å². The number of fused-ring (bicyclic) bond motifs is 10. The summed E-state index contributed by atoms with van der Waals surface area (Å²) in [6.07, 6.45) is 0. The Labute approximate surface area is 460 Å². The van der Waals surface area contributed by atoms with Crippen molar-refractivity contribution in [3.8, 4) is 123 Å². The molecule has 2 aliphatic carbocycles. The molecule has 3 heteroatoms. The Morgan fingerprint density at radius 2 is 0.418 bits per heavy atom. The van der Waals surface area contributed by atoms with Gasteiger partial charge in [0.2, 0.25) is 0 Å². The summed E-state index contributed by atoms with van der Waals surface area (Å²) in [6.45, 7) is 0. The molecule has 0 atom stereocenters. The second-order valence-electron chi connectivity index (χ2n) is 20.7. The molecule has 0 N–H and O–H groups in total. The first-order chi connectivity index (χ1) is 39.1. The number of aromatic nitrogens is 3. The van der Waals surface area contributed by atoms with E-state index < -0.39 is 5.41 Å². The molecule has 13 aromatic rings. The molecule has 0 unspecified atom stereocenters. The van der Waals surface area contributed by atoms with E-state index in [-0.39, 0.29) is 0 Å². The molecule has 3 nitrogen and oxygen atoms in total. The van der Waals surface area contributed by atoms with Gasteiger partial charge in [0, 0.05) is 16.7 Å². The van der Waals surface area contributed by atoms with Crippen LogP contribution in [0.2, 0.25) is 0 Å². The summed E-state index contributed by atoms with van der Waals surface area (Å²) >= 11 is 0. The van der Waals surface area contributed by atoms with Crippen molar-refractivity contribution in [3.05, 3.63) is 320 Å². The zero-order valence-electron chi connectivity index (χ0n) is 43.1. The van der Waals surface area contributed by atoms with E-state index in [1.807, 2.05) is 0 Å². The molecular formula is C76H49N3. The molecule has 0 saturated heterocycles. The van der Waals surface area contributed by atoms with Gasteiger partial charge in [-0.25, -0.2) is 15.0 Å². The molecule has 12 aromatic carbocycles. The van der Waals surface area contributed by atoms with E-state index in [0.717, 1.165) is 61.2 Å². The minimum Gasteiger partial charge on any atom is -0.208 e. The molecule has 0 bridgehead atoms. The molecule has 0 fully saturated rings. The molecule has 1 heterocycles. The number of nitrogens with zero attached hydrogens (tertiary/aromatic N) is 3. The van der Waals surface area contributed by atoms with Crippen molar-refractivity contribution in [2.75, 3.05) is 0 Å². The lowest BCUT2D eigenvalue weighted by Gasteiger charge is -2.30. The van der Waals surface area contributed by atoms with Gasteiger partial charge in [-0.3, -0.25) is 0 Å². The van der Waals surface area contributed by atoms with E-state index in [2.05, 4.69) is 297 Å². The smallest absolute Gasteiger partial charge is 0.164 e. The van der Waals surface area contributed by atoms with Gasteiger partial charge in [-0.15, -0.1) is 0 Å². The Hall–Kier alpha value is -10.4. The van der Waals surface area contributed by atoms with Crippen LogP contribution >= 0.6 is 0 Å². The van der Waals surface area contributed by atoms with E-state index in [9.17, 15) is 0 Å². The van der Waals surface area contributed by atoms with Crippen molar-refractivity contribution < 1.29 is 0 Å². The quantitative estimate of drug-likeness (QED) is 0.145. The first-order valence-corrected chi connectivity index (χ1v) is 27.1. The second kappa shape index (κ2) is 19.0. The Balaban J connectivity index is 0.919. The summed E-state index contributed by atoms with van der Waals surface area (Å²) < 4.78 is 0. The molecule has 0 radical (unpaired) electrons. The number of hydrogen-bond acceptors (Lipinski definition) is 3. The van der Waals surface area contributed by atoms with E-state index in [0.29, 0.717) is 17.5 Å². The van der Waals surface area contributed by atoms with Crippen LogP contribution in [0.5, 0.6) is 0 Å². The molecule has 79 heavy (non-hydrogen) atoms. The lowest BCUT2D eigenvalue weighted by Crippen LogP contribution is -2.25. The van der Waals surface area contributed by atoms with E-state index in [1.165, 1.54) is 66.8 Å². The molecule has 1 spiro atoms. The lowest BCUT2D eigenvalue weighted by atomic mass is 9.70. The van der Waals surface area contributed by atoms with Gasteiger partial charge in [-0.1, -0.05) is 243 Å². The monoisotopic (exact) mass is 1000 g/mol. The Kier molecular flexibility index (Phi) is 11.1. The highest BCUT2D eigenvalue weighted by Crippen LogP contribution is 2.63. The van der Waals surface area contributed by atoms with Crippen LogP contribution < -0.4 is 0 Å². The molecular weight excluding hydrogens is 955 g/mol. The van der Waals surface area contributed by atoms with Gasteiger partial charge in [-0.05, 0) is 166 Å². The Bertz CT molecular complexity index is 4100. The van der Waals surface area contributed by atoms with Crippen molar-refractivity contribution in [1.29, 1.82) is 0 Å². The topological polar surface area (TPSA) is 38.7 Å². The molecule has 0 amide bonds. The molecule has 0 saturated carbocycles. The largest absolute Gasteiger partial charge is 0.208 e. The van der Waals surface area contributed by atoms with Gasteiger partial charge in [-0.2, -0.15) is 0 Å². The molecule has 0 aliphatic heterocycles. The van der Waals surface area contributed by atoms with Crippen LogP contribution in [0.1, 0.15) is 22.3 Å². The third kappa shape index (κ3) is 7.94. The van der Waals surface area contributed by atoms with Crippen molar-refractivity contribution in [2.45, 2.75) is 5.41 Å². The van der Waals surface area contributed by atoms with Gasteiger partial charge in [0.05, 0.1) is 5.41 Å². The summed E-state index contributed by atoms with van der Waals surface area (Å²) in [4.78, 5) is 16.4. The third-order valence-corrected chi connectivity index (χ3v) is 16.1. The normalized spacial score (nSPS) is 12.4. The average molecular weight is 1000 g/mol. The predicted molar refractivity (Wildman–Crippen MR) is 325 cm³/mol. The number of benzene rings is 12. The van der Waals surface area contributed by atoms with Crippen LogP contribution in [0.15, 0.2) is 297 Å². The standard InChI is InChI=1S/C76H49N3/c1-5-21-50(22-6-1)59-43-60(51-23-7-2-8-24-51)46-63(45-59)54-29-19-31-56(41-54)73-77-74(57-32-20-30-55(42-57)64-47-61(52-25-9-3-10-26-52)44-62(48-64)53-27-11-4-12-28-53)79-75(78-73)58-39-40-68-67-35-15-18-38-71(67)76(72(68)49-58)69-36-16-13-33-65(69)66-34-14-17-37-70(66)76/h1-49H. The zero-order valence-corrected chi connectivity index (χ0v) is 43.1. The van der Waals surface area contributed by atoms with Crippen LogP contribution in [0.4, 0.5) is 0 Å². The highest BCUT2D eigenvalue weighted by atomic mass is 15.0. The van der Waals surface area contributed by atoms with Crippen molar-refractivity contribution in [3.63, 3.8) is 0 Å². The lowest BCUT2D eigenvalue weighted by molar-refractivity contribution is 0.794. The highest BCUT2D eigenvalue weighted by molar-refractivity contribution is 5.96. The minimum absolute atomic E-state index is 0.518. The zero-order chi connectivity index (χ0) is 52.3. The van der Waals surface area contributed by atoms with Crippen LogP contribution in [0.25, 0.3) is 123 Å². The van der Waals surface area contributed by atoms with Crippen LogP contribution in [0, 0.1) is 0 Å². The maximum Gasteiger partial charge on any atom is 0.164 e. The van der Waals surface area contributed by atoms with Crippen LogP contribution in [-0.2, 0) is 5.41 Å². The van der Waals surface area contributed by atoms with Crippen molar-refractivity contribution in [2.24, 2.45) is 0 Å². The highest BCUT2D eigenvalue weighted by Gasteiger charge is 2.51. The maximum atomic E-state index is 5.49. The van der Waals surface area contributed by atoms with E-state index in [1.54, 1.807) is 0 Å². The van der Waals surface area contributed by atoms with E-state index >= 15 is 0 Å². The van der Waals surface area contributed by atoms with Gasteiger partial charge in [0.25, 0.3) is 0 Å². The summed E-state index contributed by atoms with van der Waals surface area (Å²) in [6, 6.07) is 107. The van der Waals surface area contributed by atoms with E-state index in [4.69, 9.17) is 15.0 Å². The molecule has 368 valence electrons. The fourth-order valence-electron chi connectivity index (χ4n) is 12.5. The van der Waals surface area contributed by atoms with Crippen LogP contribution in [0.3, 0.4) is 0 Å². The predicted octanol–water partition coefficient (Wildman–Crippen LogP) is 19.2. The average Bonchev–Trinajstić information content (AvgIpc) is 3.19. The first-order valence-electron chi connectivity index (χ1n) is 27.1. The van der Waals surface area contributed by atoms with Crippen LogP contribution in [-0.4, -0.2) is 15.0 Å². The third-order valence-electron chi connectivity index (χ3n) is 16.1. The Morgan fingerprint density at radius 1 is 0.165 bits per heavy atom. The summed E-state index contributed by atoms with van der Waals surface area (Å²) in [5.74, 6) is 1.81. The SMILES string of the molecule is c1ccc(-c2cc(-c3ccccc3)cc(-c3cccc(-c4nc(-c5cccc(-c6cc(-c7ccccc7)cc(-c7ccccc7)c6)c5)nc(-c5ccc6c(c5)C5(c7ccccc7-c7ccccc75)c5ccccc5-6)n4)c3)c2)cc1. The fraction of sp³-hybridized carbons (Fsp3) is 0.0132. The number of hydrogen-bond donors (Lipinski definition) is 0. The summed E-state index contributed by atoms with van der Waals surface area (Å²) in [7, 11) is 0. The molecule has 15 rings (SSSR count). The minimum atomic E-state index is -0.518. The van der Waals surface area contributed by atoms with Crippen molar-refractivity contribution in [1.82, 2.24) is 15.0 Å². The molecule has 1 aromatic heterocycles. The summed E-state index contributed by atoms with van der Waals surface area (Å²) in [5.41, 5.74) is 26.0. The summed E-state index contributed by atoms with van der Waals surface area (Å²) in [5, 5.41) is 0. The van der Waals surface area contributed by atoms with Gasteiger partial charge < -0.3 is 0 Å². The fourth-order valence-corrected chi connectivity index (χ4v) is 12.5. The van der Waals surface area contributed by atoms with Gasteiger partial charge in [0.1, 0.15) is 0 Å². The van der Waals surface area contributed by atoms with Gasteiger partial charge >= 0.3 is 0 Å². The maximum absolute atomic E-state index is 5.49.